The van der Waals surface area contributed by atoms with Crippen LogP contribution in [0.2, 0.25) is 0 Å². The molecule has 0 aliphatic carbocycles. The molecular weight excluding hydrogens is 432 g/mol. The molecule has 2 heterocycles. The van der Waals surface area contributed by atoms with E-state index in [4.69, 9.17) is 9.47 Å². The van der Waals surface area contributed by atoms with Crippen molar-refractivity contribution in [1.29, 1.82) is 0 Å². The minimum absolute atomic E-state index is 0.155. The first-order chi connectivity index (χ1) is 16.6. The van der Waals surface area contributed by atoms with Crippen LogP contribution in [-0.2, 0) is 4.79 Å². The highest BCUT2D eigenvalue weighted by Gasteiger charge is 2.13. The van der Waals surface area contributed by atoms with Gasteiger partial charge in [-0.25, -0.2) is 4.98 Å². The van der Waals surface area contributed by atoms with Gasteiger partial charge in [0.15, 0.2) is 6.61 Å². The number of rotatable bonds is 8. The number of piperidine rings is 1. The van der Waals surface area contributed by atoms with Crippen molar-refractivity contribution in [1.82, 2.24) is 4.98 Å². The van der Waals surface area contributed by atoms with Crippen molar-refractivity contribution in [2.75, 3.05) is 42.3 Å². The van der Waals surface area contributed by atoms with E-state index in [2.05, 4.69) is 20.5 Å². The largest absolute Gasteiger partial charge is 0.497 e. The summed E-state index contributed by atoms with van der Waals surface area (Å²) in [5, 5.41) is 5.61. The molecule has 8 heteroatoms. The summed E-state index contributed by atoms with van der Waals surface area (Å²) in [4.78, 5) is 31.5. The van der Waals surface area contributed by atoms with E-state index in [9.17, 15) is 9.59 Å². The van der Waals surface area contributed by atoms with Gasteiger partial charge in [-0.15, -0.1) is 0 Å². The molecule has 2 N–H and O–H groups in total. The minimum Gasteiger partial charge on any atom is -0.497 e. The number of methoxy groups -OCH3 is 1. The fourth-order valence-electron chi connectivity index (χ4n) is 3.72. The number of amides is 2. The lowest BCUT2D eigenvalue weighted by molar-refractivity contribution is -0.118. The SMILES string of the molecule is COc1cccc(NC(=O)COc2ccc(C(=O)Nc3ccc(N4CCCCC4)nc3)cc2)c1. The summed E-state index contributed by atoms with van der Waals surface area (Å²) >= 11 is 0. The summed E-state index contributed by atoms with van der Waals surface area (Å²) in [6.07, 6.45) is 5.32. The zero-order chi connectivity index (χ0) is 23.8. The van der Waals surface area contributed by atoms with E-state index < -0.39 is 0 Å². The standard InChI is InChI=1S/C26H28N4O4/c1-33-23-7-5-6-20(16-23)28-25(31)18-34-22-11-8-19(9-12-22)26(32)29-21-10-13-24(27-17-21)30-14-3-2-4-15-30/h5-13,16-17H,2-4,14-15,18H2,1H3,(H,28,31)(H,29,32). The number of hydrogen-bond acceptors (Lipinski definition) is 6. The van der Waals surface area contributed by atoms with E-state index in [0.29, 0.717) is 28.4 Å². The van der Waals surface area contributed by atoms with E-state index in [1.807, 2.05) is 12.1 Å². The molecule has 1 fully saturated rings. The number of benzene rings is 2. The first kappa shape index (κ1) is 23.1. The molecule has 3 aromatic rings. The van der Waals surface area contributed by atoms with Crippen LogP contribution >= 0.6 is 0 Å². The second-order valence-corrected chi connectivity index (χ2v) is 8.00. The lowest BCUT2D eigenvalue weighted by Gasteiger charge is -2.27. The van der Waals surface area contributed by atoms with Gasteiger partial charge in [-0.3, -0.25) is 9.59 Å². The number of pyridine rings is 1. The Morgan fingerprint density at radius 3 is 2.41 bits per heavy atom. The van der Waals surface area contributed by atoms with Crippen LogP contribution in [-0.4, -0.2) is 43.6 Å². The van der Waals surface area contributed by atoms with E-state index in [0.717, 1.165) is 18.9 Å². The molecule has 34 heavy (non-hydrogen) atoms. The van der Waals surface area contributed by atoms with Gasteiger partial charge in [0.25, 0.3) is 11.8 Å². The summed E-state index contributed by atoms with van der Waals surface area (Å²) in [6, 6.07) is 17.5. The quantitative estimate of drug-likeness (QED) is 0.519. The smallest absolute Gasteiger partial charge is 0.262 e. The summed E-state index contributed by atoms with van der Waals surface area (Å²) in [5.41, 5.74) is 1.74. The molecule has 2 aromatic carbocycles. The van der Waals surface area contributed by atoms with Crippen LogP contribution in [0.25, 0.3) is 0 Å². The summed E-state index contributed by atoms with van der Waals surface area (Å²) < 4.78 is 10.7. The molecular formula is C26H28N4O4. The van der Waals surface area contributed by atoms with Crippen molar-refractivity contribution in [2.24, 2.45) is 0 Å². The Bertz CT molecular complexity index is 1110. The maximum atomic E-state index is 12.6. The molecule has 0 unspecified atom stereocenters. The highest BCUT2D eigenvalue weighted by atomic mass is 16.5. The molecule has 0 radical (unpaired) electrons. The van der Waals surface area contributed by atoms with Crippen LogP contribution in [0.5, 0.6) is 11.5 Å². The van der Waals surface area contributed by atoms with Crippen LogP contribution < -0.4 is 25.0 Å². The molecule has 0 spiro atoms. The lowest BCUT2D eigenvalue weighted by atomic mass is 10.1. The molecule has 0 saturated carbocycles. The number of ether oxygens (including phenoxy) is 2. The third kappa shape index (κ3) is 6.25. The van der Waals surface area contributed by atoms with Gasteiger partial charge >= 0.3 is 0 Å². The van der Waals surface area contributed by atoms with Crippen molar-refractivity contribution in [3.8, 4) is 11.5 Å². The predicted octanol–water partition coefficient (Wildman–Crippen LogP) is 4.35. The lowest BCUT2D eigenvalue weighted by Crippen LogP contribution is -2.30. The van der Waals surface area contributed by atoms with Gasteiger partial charge in [0, 0.05) is 30.4 Å². The van der Waals surface area contributed by atoms with Gasteiger partial charge < -0.3 is 25.0 Å². The number of aromatic nitrogens is 1. The van der Waals surface area contributed by atoms with Gasteiger partial charge in [0.05, 0.1) is 19.0 Å². The molecule has 1 aromatic heterocycles. The fourth-order valence-corrected chi connectivity index (χ4v) is 3.72. The van der Waals surface area contributed by atoms with Crippen molar-refractivity contribution in [3.05, 3.63) is 72.4 Å². The minimum atomic E-state index is -0.296. The van der Waals surface area contributed by atoms with Crippen molar-refractivity contribution < 1.29 is 19.1 Å². The topological polar surface area (TPSA) is 92.8 Å². The number of anilines is 3. The maximum absolute atomic E-state index is 12.6. The first-order valence-corrected chi connectivity index (χ1v) is 11.3. The third-order valence-electron chi connectivity index (χ3n) is 5.53. The zero-order valence-electron chi connectivity index (χ0n) is 19.1. The van der Waals surface area contributed by atoms with Crippen LogP contribution in [0.3, 0.4) is 0 Å². The Morgan fingerprint density at radius 1 is 0.912 bits per heavy atom. The molecule has 2 amide bonds. The molecule has 0 bridgehead atoms. The normalized spacial score (nSPS) is 13.1. The summed E-state index contributed by atoms with van der Waals surface area (Å²) in [6.45, 7) is 1.89. The molecule has 4 rings (SSSR count). The van der Waals surface area contributed by atoms with E-state index in [1.165, 1.54) is 19.3 Å². The highest BCUT2D eigenvalue weighted by molar-refractivity contribution is 6.04. The molecule has 1 aliphatic rings. The maximum Gasteiger partial charge on any atom is 0.262 e. The van der Waals surface area contributed by atoms with Crippen molar-refractivity contribution >= 4 is 29.0 Å². The van der Waals surface area contributed by atoms with E-state index in [1.54, 1.807) is 61.8 Å². The Morgan fingerprint density at radius 2 is 1.71 bits per heavy atom. The van der Waals surface area contributed by atoms with Crippen molar-refractivity contribution in [2.45, 2.75) is 19.3 Å². The van der Waals surface area contributed by atoms with Crippen LogP contribution in [0.4, 0.5) is 17.2 Å². The summed E-state index contributed by atoms with van der Waals surface area (Å²) in [7, 11) is 1.57. The zero-order valence-corrected chi connectivity index (χ0v) is 19.1. The second-order valence-electron chi connectivity index (χ2n) is 8.00. The molecule has 1 aliphatic heterocycles. The van der Waals surface area contributed by atoms with Crippen molar-refractivity contribution in [3.63, 3.8) is 0 Å². The Hall–Kier alpha value is -4.07. The van der Waals surface area contributed by atoms with Gasteiger partial charge in [-0.2, -0.15) is 0 Å². The Kier molecular flexibility index (Phi) is 7.60. The second kappa shape index (κ2) is 11.2. The van der Waals surface area contributed by atoms with Crippen LogP contribution in [0.15, 0.2) is 66.9 Å². The number of hydrogen-bond donors (Lipinski definition) is 2. The average Bonchev–Trinajstić information content (AvgIpc) is 2.89. The molecule has 176 valence electrons. The molecule has 8 nitrogen and oxygen atoms in total. The molecule has 1 saturated heterocycles. The highest BCUT2D eigenvalue weighted by Crippen LogP contribution is 2.20. The average molecular weight is 461 g/mol. The predicted molar refractivity (Wildman–Crippen MR) is 132 cm³/mol. The molecule has 0 atom stereocenters. The number of carbonyl (C=O) groups is 2. The Labute approximate surface area is 198 Å². The van der Waals surface area contributed by atoms with E-state index in [-0.39, 0.29) is 18.4 Å². The van der Waals surface area contributed by atoms with Crippen LogP contribution in [0, 0.1) is 0 Å². The van der Waals surface area contributed by atoms with Gasteiger partial charge in [0.2, 0.25) is 0 Å². The number of carbonyl (C=O) groups excluding carboxylic acids is 2. The van der Waals surface area contributed by atoms with E-state index >= 15 is 0 Å². The van der Waals surface area contributed by atoms with Gasteiger partial charge in [-0.1, -0.05) is 6.07 Å². The van der Waals surface area contributed by atoms with Gasteiger partial charge in [-0.05, 0) is 67.8 Å². The third-order valence-corrected chi connectivity index (χ3v) is 5.53. The fraction of sp³-hybridized carbons (Fsp3) is 0.269. The van der Waals surface area contributed by atoms with Crippen LogP contribution in [0.1, 0.15) is 29.6 Å². The monoisotopic (exact) mass is 460 g/mol. The Balaban J connectivity index is 1.26. The summed E-state index contributed by atoms with van der Waals surface area (Å²) in [5.74, 6) is 1.55. The van der Waals surface area contributed by atoms with Gasteiger partial charge in [0.1, 0.15) is 17.3 Å². The number of nitrogens with one attached hydrogen (secondary N) is 2. The number of nitrogens with zero attached hydrogens (tertiary/aromatic N) is 2. The first-order valence-electron chi connectivity index (χ1n) is 11.3.